The number of aryl methyl sites for hydroxylation is 1. The summed E-state index contributed by atoms with van der Waals surface area (Å²) in [5, 5.41) is 14.9. The number of carbonyl (C=O) groups excluding carboxylic acids is 1. The van der Waals surface area contributed by atoms with Gasteiger partial charge in [0.2, 0.25) is 5.91 Å². The second kappa shape index (κ2) is 6.49. The molecule has 3 N–H and O–H groups in total. The molecule has 0 bridgehead atoms. The van der Waals surface area contributed by atoms with Gasteiger partial charge in [0, 0.05) is 18.6 Å². The average Bonchev–Trinajstić information content (AvgIpc) is 2.57. The number of H-pyrrole nitrogens is 1. The smallest absolute Gasteiger partial charge is 0.254 e. The van der Waals surface area contributed by atoms with Gasteiger partial charge in [-0.2, -0.15) is 0 Å². The maximum atomic E-state index is 11.7. The van der Waals surface area contributed by atoms with Gasteiger partial charge in [-0.15, -0.1) is 0 Å². The van der Waals surface area contributed by atoms with Crippen molar-refractivity contribution in [1.29, 1.82) is 0 Å². The molecule has 5 heteroatoms. The second-order valence-electron chi connectivity index (χ2n) is 5.80. The minimum atomic E-state index is -0.487. The molecular formula is C19H18ClN2O2+. The van der Waals surface area contributed by atoms with Crippen LogP contribution < -0.4 is 10.3 Å². The van der Waals surface area contributed by atoms with Crippen LogP contribution in [0.3, 0.4) is 0 Å². The first-order valence-corrected chi connectivity index (χ1v) is 8.00. The first-order chi connectivity index (χ1) is 11.5. The molecule has 1 amide bonds. The van der Waals surface area contributed by atoms with Crippen LogP contribution in [0.15, 0.2) is 48.7 Å². The summed E-state index contributed by atoms with van der Waals surface area (Å²) in [6.45, 7) is 3.45. The van der Waals surface area contributed by atoms with E-state index in [0.29, 0.717) is 16.1 Å². The quantitative estimate of drug-likeness (QED) is 0.765. The topological polar surface area (TPSA) is 63.5 Å². The Balaban J connectivity index is 2.21. The molecule has 0 spiro atoms. The highest BCUT2D eigenvalue weighted by Gasteiger charge is 2.24. The summed E-state index contributed by atoms with van der Waals surface area (Å²) >= 11 is 6.38. The third-order valence-corrected chi connectivity index (χ3v) is 4.29. The minimum absolute atomic E-state index is 0.0781. The number of halogens is 1. The number of nitrogens with one attached hydrogen (secondary N) is 2. The van der Waals surface area contributed by atoms with Crippen LogP contribution in [0.1, 0.15) is 29.7 Å². The number of aromatic amines is 1. The SMILES string of the molecule is CC(=O)NC(c1ccc(C)cc1)c1cc(Cl)c2ccc[nH+]c2c1O. The zero-order valence-corrected chi connectivity index (χ0v) is 14.2. The fourth-order valence-electron chi connectivity index (χ4n) is 2.78. The number of rotatable bonds is 3. The molecule has 2 aromatic carbocycles. The highest BCUT2D eigenvalue weighted by molar-refractivity contribution is 6.35. The first-order valence-electron chi connectivity index (χ1n) is 7.63. The number of hydrogen-bond acceptors (Lipinski definition) is 2. The molecule has 0 radical (unpaired) electrons. The lowest BCUT2D eigenvalue weighted by Gasteiger charge is -2.20. The normalized spacial score (nSPS) is 12.1. The number of aromatic hydroxyl groups is 1. The van der Waals surface area contributed by atoms with Crippen LogP contribution in [0.4, 0.5) is 0 Å². The Labute approximate surface area is 145 Å². The van der Waals surface area contributed by atoms with Crippen molar-refractivity contribution in [2.75, 3.05) is 0 Å². The number of fused-ring (bicyclic) bond motifs is 1. The second-order valence-corrected chi connectivity index (χ2v) is 6.21. The van der Waals surface area contributed by atoms with Crippen molar-refractivity contribution in [3.8, 4) is 5.75 Å². The summed E-state index contributed by atoms with van der Waals surface area (Å²) in [5.41, 5.74) is 3.09. The van der Waals surface area contributed by atoms with Gasteiger partial charge >= 0.3 is 0 Å². The highest BCUT2D eigenvalue weighted by Crippen LogP contribution is 2.37. The van der Waals surface area contributed by atoms with E-state index in [1.807, 2.05) is 43.3 Å². The van der Waals surface area contributed by atoms with Crippen molar-refractivity contribution in [3.05, 3.63) is 70.4 Å². The predicted octanol–water partition coefficient (Wildman–Crippen LogP) is 3.55. The van der Waals surface area contributed by atoms with Gasteiger partial charge in [-0.05, 0) is 24.6 Å². The van der Waals surface area contributed by atoms with Crippen LogP contribution in [0, 0.1) is 6.92 Å². The van der Waals surface area contributed by atoms with Crippen molar-refractivity contribution >= 4 is 28.4 Å². The lowest BCUT2D eigenvalue weighted by molar-refractivity contribution is -0.345. The van der Waals surface area contributed by atoms with E-state index in [1.54, 1.807) is 12.3 Å². The number of benzene rings is 2. The monoisotopic (exact) mass is 341 g/mol. The van der Waals surface area contributed by atoms with E-state index < -0.39 is 6.04 Å². The summed E-state index contributed by atoms with van der Waals surface area (Å²) in [5.74, 6) is -0.109. The summed E-state index contributed by atoms with van der Waals surface area (Å²) in [6, 6.07) is 12.7. The molecule has 1 unspecified atom stereocenters. The zero-order valence-electron chi connectivity index (χ0n) is 13.4. The Hall–Kier alpha value is -2.59. The Bertz CT molecular complexity index is 907. The Morgan fingerprint density at radius 2 is 1.96 bits per heavy atom. The van der Waals surface area contributed by atoms with Crippen molar-refractivity contribution in [1.82, 2.24) is 5.32 Å². The number of phenolic OH excluding ortho intramolecular Hbond substituents is 1. The highest BCUT2D eigenvalue weighted by atomic mass is 35.5. The van der Waals surface area contributed by atoms with Crippen LogP contribution in [0.5, 0.6) is 5.75 Å². The van der Waals surface area contributed by atoms with Gasteiger partial charge in [-0.3, -0.25) is 4.79 Å². The number of aromatic nitrogens is 1. The third kappa shape index (κ3) is 3.05. The molecule has 0 saturated carbocycles. The van der Waals surface area contributed by atoms with E-state index in [0.717, 1.165) is 16.5 Å². The number of pyridine rings is 1. The summed E-state index contributed by atoms with van der Waals surface area (Å²) in [6.07, 6.45) is 1.72. The minimum Gasteiger partial charge on any atom is -0.502 e. The molecule has 1 heterocycles. The van der Waals surface area contributed by atoms with E-state index >= 15 is 0 Å². The van der Waals surface area contributed by atoms with E-state index in [2.05, 4.69) is 10.3 Å². The Morgan fingerprint density at radius 3 is 2.62 bits per heavy atom. The Morgan fingerprint density at radius 1 is 1.25 bits per heavy atom. The average molecular weight is 342 g/mol. The lowest BCUT2D eigenvalue weighted by Crippen LogP contribution is -2.27. The molecule has 0 aliphatic carbocycles. The molecule has 0 fully saturated rings. The molecule has 1 atom stereocenters. The molecule has 4 nitrogen and oxygen atoms in total. The Kier molecular flexibility index (Phi) is 4.40. The van der Waals surface area contributed by atoms with E-state index in [4.69, 9.17) is 11.6 Å². The molecule has 0 aliphatic heterocycles. The van der Waals surface area contributed by atoms with Crippen molar-refractivity contribution in [3.63, 3.8) is 0 Å². The van der Waals surface area contributed by atoms with Gasteiger partial charge in [0.05, 0.1) is 16.5 Å². The molecule has 0 aliphatic rings. The summed E-state index contributed by atoms with van der Waals surface area (Å²) in [7, 11) is 0. The van der Waals surface area contributed by atoms with Crippen LogP contribution in [-0.2, 0) is 4.79 Å². The summed E-state index contributed by atoms with van der Waals surface area (Å²) < 4.78 is 0. The van der Waals surface area contributed by atoms with Gasteiger partial charge in [0.25, 0.3) is 5.52 Å². The maximum absolute atomic E-state index is 11.7. The van der Waals surface area contributed by atoms with E-state index in [-0.39, 0.29) is 11.7 Å². The van der Waals surface area contributed by atoms with Gasteiger partial charge in [-0.25, -0.2) is 4.98 Å². The van der Waals surface area contributed by atoms with Crippen molar-refractivity contribution in [2.24, 2.45) is 0 Å². The van der Waals surface area contributed by atoms with Gasteiger partial charge < -0.3 is 10.4 Å². The van der Waals surface area contributed by atoms with Gasteiger partial charge in [-0.1, -0.05) is 41.4 Å². The van der Waals surface area contributed by atoms with Crippen molar-refractivity contribution in [2.45, 2.75) is 19.9 Å². The first kappa shape index (κ1) is 16.3. The molecule has 0 saturated heterocycles. The molecule has 24 heavy (non-hydrogen) atoms. The molecule has 1 aromatic heterocycles. The molecule has 122 valence electrons. The number of hydrogen-bond donors (Lipinski definition) is 2. The lowest BCUT2D eigenvalue weighted by atomic mass is 9.95. The van der Waals surface area contributed by atoms with E-state index in [9.17, 15) is 9.90 Å². The fraction of sp³-hybridized carbons (Fsp3) is 0.158. The van der Waals surface area contributed by atoms with E-state index in [1.165, 1.54) is 6.92 Å². The van der Waals surface area contributed by atoms with Crippen LogP contribution in [-0.4, -0.2) is 11.0 Å². The number of amides is 1. The largest absolute Gasteiger partial charge is 0.502 e. The van der Waals surface area contributed by atoms with Gasteiger partial charge in [0.15, 0.2) is 11.9 Å². The van der Waals surface area contributed by atoms with Crippen molar-refractivity contribution < 1.29 is 14.9 Å². The zero-order chi connectivity index (χ0) is 17.3. The van der Waals surface area contributed by atoms with Crippen LogP contribution in [0.2, 0.25) is 5.02 Å². The number of carbonyl (C=O) groups is 1. The maximum Gasteiger partial charge on any atom is 0.254 e. The standard InChI is InChI=1S/C19H17ClN2O2/c1-11-5-7-13(8-6-11)17(22-12(2)23)15-10-16(20)14-4-3-9-21-18(14)19(15)24/h3-10,17,24H,1-2H3,(H,22,23)/p+1. The summed E-state index contributed by atoms with van der Waals surface area (Å²) in [4.78, 5) is 14.7. The molecule has 3 aromatic rings. The third-order valence-electron chi connectivity index (χ3n) is 3.98. The van der Waals surface area contributed by atoms with Gasteiger partial charge in [0.1, 0.15) is 0 Å². The number of phenols is 1. The fourth-order valence-corrected chi connectivity index (χ4v) is 3.06. The molecular weight excluding hydrogens is 324 g/mol. The molecule has 3 rings (SSSR count). The van der Waals surface area contributed by atoms with Crippen LogP contribution >= 0.6 is 11.6 Å². The van der Waals surface area contributed by atoms with Crippen LogP contribution in [0.25, 0.3) is 10.9 Å². The predicted molar refractivity (Wildman–Crippen MR) is 94.0 cm³/mol.